The van der Waals surface area contributed by atoms with E-state index in [9.17, 15) is 9.59 Å². The van der Waals surface area contributed by atoms with Crippen LogP contribution in [0.15, 0.2) is 47.6 Å². The lowest BCUT2D eigenvalue weighted by molar-refractivity contribution is -0.123. The summed E-state index contributed by atoms with van der Waals surface area (Å²) >= 11 is 11.9. The summed E-state index contributed by atoms with van der Waals surface area (Å²) in [4.78, 5) is 24.0. The normalized spacial score (nSPS) is 11.4. The maximum absolute atomic E-state index is 12.1. The number of amides is 2. The van der Waals surface area contributed by atoms with Gasteiger partial charge in [0.25, 0.3) is 5.91 Å². The van der Waals surface area contributed by atoms with E-state index in [0.29, 0.717) is 26.9 Å². The minimum absolute atomic E-state index is 0.0980. The highest BCUT2D eigenvalue weighted by atomic mass is 35.5. The molecule has 0 fully saturated rings. The van der Waals surface area contributed by atoms with Gasteiger partial charge in [-0.05, 0) is 36.4 Å². The van der Waals surface area contributed by atoms with E-state index in [0.717, 1.165) is 0 Å². The Morgan fingerprint density at radius 2 is 1.69 bits per heavy atom. The molecule has 26 heavy (non-hydrogen) atoms. The molecule has 0 unspecified atom stereocenters. The van der Waals surface area contributed by atoms with E-state index in [1.165, 1.54) is 6.21 Å². The highest BCUT2D eigenvalue weighted by Crippen LogP contribution is 2.19. The van der Waals surface area contributed by atoms with E-state index in [1.54, 1.807) is 42.5 Å². The van der Waals surface area contributed by atoms with E-state index in [4.69, 9.17) is 23.2 Å². The van der Waals surface area contributed by atoms with E-state index >= 15 is 0 Å². The molecule has 0 saturated heterocycles. The van der Waals surface area contributed by atoms with Crippen LogP contribution in [0.25, 0.3) is 0 Å². The Bertz CT molecular complexity index is 841. The van der Waals surface area contributed by atoms with Gasteiger partial charge in [-0.25, -0.2) is 5.43 Å². The zero-order chi connectivity index (χ0) is 19.3. The summed E-state index contributed by atoms with van der Waals surface area (Å²) in [7, 11) is 0. The predicted molar refractivity (Wildman–Crippen MR) is 106 cm³/mol. The number of nitrogens with one attached hydrogen (secondary N) is 2. The minimum atomic E-state index is -0.492. The van der Waals surface area contributed by atoms with Crippen LogP contribution in [0.1, 0.15) is 36.7 Å². The van der Waals surface area contributed by atoms with Gasteiger partial charge < -0.3 is 5.32 Å². The van der Waals surface area contributed by atoms with Crippen LogP contribution >= 0.6 is 23.2 Å². The van der Waals surface area contributed by atoms with Gasteiger partial charge in [0.1, 0.15) is 0 Å². The van der Waals surface area contributed by atoms with Crippen LogP contribution in [-0.2, 0) is 4.79 Å². The summed E-state index contributed by atoms with van der Waals surface area (Å²) in [5.41, 5.74) is 3.61. The maximum Gasteiger partial charge on any atom is 0.271 e. The molecule has 0 spiro atoms. The molecule has 0 atom stereocenters. The van der Waals surface area contributed by atoms with Crippen LogP contribution < -0.4 is 10.7 Å². The Morgan fingerprint density at radius 3 is 2.27 bits per heavy atom. The number of benzene rings is 2. The fourth-order valence-corrected chi connectivity index (χ4v) is 2.31. The smallest absolute Gasteiger partial charge is 0.271 e. The van der Waals surface area contributed by atoms with Gasteiger partial charge in [-0.1, -0.05) is 50.0 Å². The van der Waals surface area contributed by atoms with Crippen LogP contribution in [0.4, 0.5) is 5.69 Å². The van der Waals surface area contributed by atoms with E-state index in [1.807, 2.05) is 20.8 Å². The zero-order valence-corrected chi connectivity index (χ0v) is 16.2. The highest BCUT2D eigenvalue weighted by molar-refractivity contribution is 6.36. The number of hydrogen-bond acceptors (Lipinski definition) is 3. The number of rotatable bonds is 4. The Morgan fingerprint density at radius 1 is 1.04 bits per heavy atom. The molecule has 2 aromatic carbocycles. The van der Waals surface area contributed by atoms with Gasteiger partial charge in [-0.15, -0.1) is 0 Å². The molecule has 0 aliphatic rings. The van der Waals surface area contributed by atoms with Gasteiger partial charge >= 0.3 is 0 Å². The number of hydrazone groups is 1. The first-order chi connectivity index (χ1) is 12.2. The molecular weight excluding hydrogens is 373 g/mol. The van der Waals surface area contributed by atoms with Crippen molar-refractivity contribution in [2.45, 2.75) is 20.8 Å². The lowest BCUT2D eigenvalue weighted by Gasteiger charge is -2.17. The largest absolute Gasteiger partial charge is 0.326 e. The average molecular weight is 392 g/mol. The van der Waals surface area contributed by atoms with Crippen molar-refractivity contribution >= 4 is 46.9 Å². The van der Waals surface area contributed by atoms with Crippen LogP contribution in [-0.4, -0.2) is 18.0 Å². The van der Waals surface area contributed by atoms with Gasteiger partial charge in [0, 0.05) is 27.3 Å². The number of halogens is 2. The molecule has 0 aliphatic carbocycles. The predicted octanol–water partition coefficient (Wildman–Crippen LogP) is 4.74. The molecule has 2 aromatic rings. The fraction of sp³-hybridized carbons (Fsp3) is 0.211. The average Bonchev–Trinajstić information content (AvgIpc) is 2.56. The molecule has 0 saturated carbocycles. The summed E-state index contributed by atoms with van der Waals surface area (Å²) < 4.78 is 0. The summed E-state index contributed by atoms with van der Waals surface area (Å²) in [5.74, 6) is -0.473. The number of hydrogen-bond donors (Lipinski definition) is 2. The first-order valence-electron chi connectivity index (χ1n) is 7.87. The Kier molecular flexibility index (Phi) is 6.40. The van der Waals surface area contributed by atoms with E-state index < -0.39 is 5.41 Å². The lowest BCUT2D eigenvalue weighted by Crippen LogP contribution is -2.27. The van der Waals surface area contributed by atoms with Crippen molar-refractivity contribution in [1.82, 2.24) is 5.43 Å². The van der Waals surface area contributed by atoms with Crippen molar-refractivity contribution < 1.29 is 9.59 Å². The van der Waals surface area contributed by atoms with Gasteiger partial charge in [0.2, 0.25) is 5.91 Å². The fourth-order valence-electron chi connectivity index (χ4n) is 1.85. The number of carbonyl (C=O) groups excluding carboxylic acids is 2. The second-order valence-corrected chi connectivity index (χ2v) is 7.49. The van der Waals surface area contributed by atoms with Gasteiger partial charge in [-0.3, -0.25) is 9.59 Å². The first kappa shape index (κ1) is 19.9. The Balaban J connectivity index is 1.97. The van der Waals surface area contributed by atoms with Gasteiger partial charge in [-0.2, -0.15) is 5.10 Å². The van der Waals surface area contributed by atoms with Crippen molar-refractivity contribution in [3.05, 3.63) is 63.6 Å². The minimum Gasteiger partial charge on any atom is -0.326 e. The van der Waals surface area contributed by atoms with Crippen molar-refractivity contribution in [3.63, 3.8) is 0 Å². The summed E-state index contributed by atoms with van der Waals surface area (Å²) in [6.07, 6.45) is 1.44. The SMILES string of the molecule is CC(C)(C)C(=O)Nc1ccc(C(=O)N/N=C\c2ccc(Cl)cc2Cl)cc1. The highest BCUT2D eigenvalue weighted by Gasteiger charge is 2.21. The van der Waals surface area contributed by atoms with Crippen molar-refractivity contribution in [1.29, 1.82) is 0 Å². The maximum atomic E-state index is 12.1. The van der Waals surface area contributed by atoms with Crippen LogP contribution in [0, 0.1) is 5.41 Å². The zero-order valence-electron chi connectivity index (χ0n) is 14.6. The molecule has 0 aromatic heterocycles. The van der Waals surface area contributed by atoms with Crippen molar-refractivity contribution in [2.75, 3.05) is 5.32 Å². The summed E-state index contributed by atoms with van der Waals surface area (Å²) in [6, 6.07) is 11.5. The molecule has 7 heteroatoms. The van der Waals surface area contributed by atoms with Crippen molar-refractivity contribution in [3.8, 4) is 0 Å². The molecule has 2 amide bonds. The standard InChI is InChI=1S/C19H19Cl2N3O2/c1-19(2,3)18(26)23-15-8-5-12(6-9-15)17(25)24-22-11-13-4-7-14(20)10-16(13)21/h4-11H,1-3H3,(H,23,26)(H,24,25)/b22-11-. The first-order valence-corrected chi connectivity index (χ1v) is 8.62. The lowest BCUT2D eigenvalue weighted by atomic mass is 9.95. The quantitative estimate of drug-likeness (QED) is 0.583. The summed E-state index contributed by atoms with van der Waals surface area (Å²) in [5, 5.41) is 7.65. The Labute approximate surface area is 162 Å². The Hall–Kier alpha value is -2.37. The van der Waals surface area contributed by atoms with E-state index in [-0.39, 0.29) is 11.8 Å². The molecule has 0 heterocycles. The van der Waals surface area contributed by atoms with E-state index in [2.05, 4.69) is 15.8 Å². The third-order valence-corrected chi connectivity index (χ3v) is 3.98. The van der Waals surface area contributed by atoms with Crippen LogP contribution in [0.3, 0.4) is 0 Å². The number of carbonyl (C=O) groups is 2. The van der Waals surface area contributed by atoms with Crippen molar-refractivity contribution in [2.24, 2.45) is 10.5 Å². The molecule has 5 nitrogen and oxygen atoms in total. The monoisotopic (exact) mass is 391 g/mol. The molecule has 2 rings (SSSR count). The van der Waals surface area contributed by atoms with Gasteiger partial charge in [0.05, 0.1) is 11.2 Å². The third-order valence-electron chi connectivity index (χ3n) is 3.42. The van der Waals surface area contributed by atoms with Crippen LogP contribution in [0.2, 0.25) is 10.0 Å². The molecule has 0 radical (unpaired) electrons. The molecule has 0 bridgehead atoms. The molecule has 136 valence electrons. The third kappa shape index (κ3) is 5.58. The second-order valence-electron chi connectivity index (χ2n) is 6.65. The molecular formula is C19H19Cl2N3O2. The second kappa shape index (κ2) is 8.34. The van der Waals surface area contributed by atoms with Gasteiger partial charge in [0.15, 0.2) is 0 Å². The summed E-state index contributed by atoms with van der Waals surface area (Å²) in [6.45, 7) is 5.49. The molecule has 2 N–H and O–H groups in total. The number of nitrogens with zero attached hydrogens (tertiary/aromatic N) is 1. The number of anilines is 1. The molecule has 0 aliphatic heterocycles. The van der Waals surface area contributed by atoms with Crippen LogP contribution in [0.5, 0.6) is 0 Å². The topological polar surface area (TPSA) is 70.6 Å².